The van der Waals surface area contributed by atoms with E-state index in [4.69, 9.17) is 0 Å². The van der Waals surface area contributed by atoms with Crippen LogP contribution in [0.25, 0.3) is 0 Å². The van der Waals surface area contributed by atoms with E-state index >= 15 is 0 Å². The molecule has 6 heteroatoms. The largest absolute Gasteiger partial charge is 0.355 e. The van der Waals surface area contributed by atoms with Crippen LogP contribution in [0.4, 0.5) is 5.95 Å². The van der Waals surface area contributed by atoms with Crippen LogP contribution in [0, 0.1) is 18.8 Å². The Morgan fingerprint density at radius 1 is 1.03 bits per heavy atom. The van der Waals surface area contributed by atoms with E-state index in [0.717, 1.165) is 69.7 Å². The van der Waals surface area contributed by atoms with E-state index in [-0.39, 0.29) is 11.8 Å². The molecule has 2 aliphatic heterocycles. The molecule has 0 saturated carbocycles. The Morgan fingerprint density at radius 3 is 2.48 bits per heavy atom. The topological polar surface area (TPSA) is 61.4 Å². The van der Waals surface area contributed by atoms with E-state index in [1.165, 1.54) is 24.8 Å². The maximum absolute atomic E-state index is 12.6. The number of hydrogen-bond donors (Lipinski definition) is 1. The summed E-state index contributed by atoms with van der Waals surface area (Å²) in [5.41, 5.74) is 2.43. The van der Waals surface area contributed by atoms with Gasteiger partial charge >= 0.3 is 0 Å². The summed E-state index contributed by atoms with van der Waals surface area (Å²) in [6, 6.07) is 12.7. The zero-order valence-electron chi connectivity index (χ0n) is 18.7. The first-order valence-corrected chi connectivity index (χ1v) is 11.8. The molecular formula is C25H35N5O. The molecule has 4 rings (SSSR count). The number of piperidine rings is 2. The summed E-state index contributed by atoms with van der Waals surface area (Å²) in [5.74, 6) is 1.90. The van der Waals surface area contributed by atoms with Crippen LogP contribution in [0.1, 0.15) is 36.9 Å². The minimum atomic E-state index is 0.109. The Balaban J connectivity index is 1.11. The summed E-state index contributed by atoms with van der Waals surface area (Å²) in [6.07, 6.45) is 7.24. The molecule has 2 aromatic rings. The van der Waals surface area contributed by atoms with E-state index in [9.17, 15) is 4.79 Å². The summed E-state index contributed by atoms with van der Waals surface area (Å²) in [6.45, 7) is 7.66. The molecule has 166 valence electrons. The predicted octanol–water partition coefficient (Wildman–Crippen LogP) is 3.07. The van der Waals surface area contributed by atoms with Crippen molar-refractivity contribution in [1.29, 1.82) is 0 Å². The zero-order valence-corrected chi connectivity index (χ0v) is 18.7. The first-order valence-electron chi connectivity index (χ1n) is 11.8. The number of benzene rings is 1. The van der Waals surface area contributed by atoms with Crippen LogP contribution in [0.5, 0.6) is 0 Å². The molecule has 0 atom stereocenters. The number of amides is 1. The zero-order chi connectivity index (χ0) is 21.5. The van der Waals surface area contributed by atoms with Crippen LogP contribution in [0.15, 0.2) is 42.6 Å². The fraction of sp³-hybridized carbons (Fsp3) is 0.560. The van der Waals surface area contributed by atoms with Crippen LogP contribution < -0.4 is 10.2 Å². The van der Waals surface area contributed by atoms with E-state index in [1.807, 2.05) is 13.0 Å². The summed E-state index contributed by atoms with van der Waals surface area (Å²) in [4.78, 5) is 26.2. The Bertz CT molecular complexity index is 827. The second kappa shape index (κ2) is 10.7. The van der Waals surface area contributed by atoms with Crippen LogP contribution in [-0.2, 0) is 11.2 Å². The van der Waals surface area contributed by atoms with Crippen molar-refractivity contribution in [3.63, 3.8) is 0 Å². The average molecular weight is 422 g/mol. The number of nitrogens with zero attached hydrogens (tertiary/aromatic N) is 4. The van der Waals surface area contributed by atoms with Gasteiger partial charge in [-0.2, -0.15) is 0 Å². The van der Waals surface area contributed by atoms with Crippen LogP contribution in [0.2, 0.25) is 0 Å². The fourth-order valence-electron chi connectivity index (χ4n) is 4.77. The molecule has 1 N–H and O–H groups in total. The second-order valence-corrected chi connectivity index (χ2v) is 9.03. The van der Waals surface area contributed by atoms with Crippen molar-refractivity contribution in [3.05, 3.63) is 53.9 Å². The van der Waals surface area contributed by atoms with Crippen LogP contribution >= 0.6 is 0 Å². The van der Waals surface area contributed by atoms with Gasteiger partial charge in [0, 0.05) is 44.0 Å². The first-order chi connectivity index (χ1) is 15.2. The third-order valence-corrected chi connectivity index (χ3v) is 6.73. The van der Waals surface area contributed by atoms with E-state index in [0.29, 0.717) is 0 Å². The van der Waals surface area contributed by atoms with Gasteiger partial charge in [0.15, 0.2) is 0 Å². The molecule has 31 heavy (non-hydrogen) atoms. The van der Waals surface area contributed by atoms with Gasteiger partial charge in [-0.15, -0.1) is 0 Å². The smallest absolute Gasteiger partial charge is 0.225 e. The number of carbonyl (C=O) groups is 1. The highest BCUT2D eigenvalue weighted by Gasteiger charge is 2.26. The molecule has 1 aromatic heterocycles. The molecule has 2 saturated heterocycles. The Kier molecular flexibility index (Phi) is 7.52. The van der Waals surface area contributed by atoms with Gasteiger partial charge in [0.25, 0.3) is 0 Å². The number of aromatic nitrogens is 2. The van der Waals surface area contributed by atoms with Gasteiger partial charge in [-0.1, -0.05) is 30.3 Å². The third-order valence-electron chi connectivity index (χ3n) is 6.73. The maximum Gasteiger partial charge on any atom is 0.225 e. The summed E-state index contributed by atoms with van der Waals surface area (Å²) in [7, 11) is 0. The minimum absolute atomic E-state index is 0.109. The number of anilines is 1. The second-order valence-electron chi connectivity index (χ2n) is 9.03. The Hall–Kier alpha value is -2.47. The Morgan fingerprint density at radius 2 is 1.77 bits per heavy atom. The third kappa shape index (κ3) is 6.26. The molecule has 0 radical (unpaired) electrons. The standard InChI is InChI=1S/C25H35N5O/c1-20-7-12-27-25(28-20)30-16-10-23(11-17-30)24(31)26-13-18-29-14-8-22(9-15-29)19-21-5-3-2-4-6-21/h2-7,12,22-23H,8-11,13-19H2,1H3,(H,26,31). The lowest BCUT2D eigenvalue weighted by Gasteiger charge is -2.33. The average Bonchev–Trinajstić information content (AvgIpc) is 2.81. The van der Waals surface area contributed by atoms with Crippen molar-refractivity contribution in [2.75, 3.05) is 44.2 Å². The molecule has 1 amide bonds. The number of hydrogen-bond acceptors (Lipinski definition) is 5. The SMILES string of the molecule is Cc1ccnc(N2CCC(C(=O)NCCN3CCC(Cc4ccccc4)CC3)CC2)n1. The summed E-state index contributed by atoms with van der Waals surface area (Å²) in [5, 5.41) is 3.18. The van der Waals surface area contributed by atoms with Crippen LogP contribution in [-0.4, -0.2) is 60.0 Å². The molecular weight excluding hydrogens is 386 g/mol. The van der Waals surface area contributed by atoms with Gasteiger partial charge in [0.1, 0.15) is 0 Å². The normalized spacial score (nSPS) is 18.8. The van der Waals surface area contributed by atoms with Crippen LogP contribution in [0.3, 0.4) is 0 Å². The number of aryl methyl sites for hydroxylation is 1. The molecule has 2 aliphatic rings. The molecule has 2 fully saturated rings. The molecule has 1 aromatic carbocycles. The van der Waals surface area contributed by atoms with Gasteiger partial charge in [-0.25, -0.2) is 9.97 Å². The monoisotopic (exact) mass is 421 g/mol. The maximum atomic E-state index is 12.6. The molecule has 0 aliphatic carbocycles. The van der Waals surface area contributed by atoms with E-state index in [2.05, 4.69) is 55.4 Å². The van der Waals surface area contributed by atoms with Crippen molar-refractivity contribution in [3.8, 4) is 0 Å². The van der Waals surface area contributed by atoms with Crippen molar-refractivity contribution in [1.82, 2.24) is 20.2 Å². The number of nitrogens with one attached hydrogen (secondary N) is 1. The van der Waals surface area contributed by atoms with Crippen molar-refractivity contribution in [2.45, 2.75) is 39.0 Å². The molecule has 0 bridgehead atoms. The molecule has 3 heterocycles. The summed E-state index contributed by atoms with van der Waals surface area (Å²) >= 11 is 0. The fourth-order valence-corrected chi connectivity index (χ4v) is 4.77. The number of likely N-dealkylation sites (tertiary alicyclic amines) is 1. The lowest BCUT2D eigenvalue weighted by molar-refractivity contribution is -0.125. The highest BCUT2D eigenvalue weighted by atomic mass is 16.1. The first kappa shape index (κ1) is 21.8. The van der Waals surface area contributed by atoms with Gasteiger partial charge in [-0.05, 0) is 69.7 Å². The highest BCUT2D eigenvalue weighted by molar-refractivity contribution is 5.78. The van der Waals surface area contributed by atoms with Crippen molar-refractivity contribution in [2.24, 2.45) is 11.8 Å². The molecule has 6 nitrogen and oxygen atoms in total. The number of carbonyl (C=O) groups excluding carboxylic acids is 1. The van der Waals surface area contributed by atoms with Crippen molar-refractivity contribution >= 4 is 11.9 Å². The Labute approximate surface area is 186 Å². The lowest BCUT2D eigenvalue weighted by atomic mass is 9.90. The lowest BCUT2D eigenvalue weighted by Crippen LogP contribution is -2.44. The highest BCUT2D eigenvalue weighted by Crippen LogP contribution is 2.22. The predicted molar refractivity (Wildman–Crippen MR) is 124 cm³/mol. The van der Waals surface area contributed by atoms with Crippen molar-refractivity contribution < 1.29 is 4.79 Å². The molecule has 0 unspecified atom stereocenters. The molecule has 0 spiro atoms. The van der Waals surface area contributed by atoms with Gasteiger partial charge < -0.3 is 15.1 Å². The minimum Gasteiger partial charge on any atom is -0.355 e. The van der Waals surface area contributed by atoms with Gasteiger partial charge in [0.05, 0.1) is 0 Å². The summed E-state index contributed by atoms with van der Waals surface area (Å²) < 4.78 is 0. The van der Waals surface area contributed by atoms with Gasteiger partial charge in [0.2, 0.25) is 11.9 Å². The van der Waals surface area contributed by atoms with E-state index in [1.54, 1.807) is 6.20 Å². The van der Waals surface area contributed by atoms with E-state index < -0.39 is 0 Å². The number of rotatable bonds is 7. The quantitative estimate of drug-likeness (QED) is 0.745. The van der Waals surface area contributed by atoms with Gasteiger partial charge in [-0.3, -0.25) is 4.79 Å².